The van der Waals surface area contributed by atoms with Gasteiger partial charge in [0.05, 0.1) is 40.2 Å². The van der Waals surface area contributed by atoms with Gasteiger partial charge in [-0.2, -0.15) is 5.26 Å². The number of aromatic nitrogens is 1. The molecule has 0 amide bonds. The molecule has 1 unspecified atom stereocenters. The minimum Gasteiger partial charge on any atom is -0.251 e. The maximum atomic E-state index is 9.69. The Kier molecular flexibility index (Phi) is 5.03. The van der Waals surface area contributed by atoms with Crippen LogP contribution in [0.4, 0.5) is 5.69 Å². The molecular weight excluding hydrogens is 522 g/mol. The van der Waals surface area contributed by atoms with E-state index in [0.717, 1.165) is 55.8 Å². The van der Waals surface area contributed by atoms with E-state index in [1.165, 1.54) is 27.5 Å². The number of nitrogens with zero attached hydrogens (tertiary/aromatic N) is 3. The highest BCUT2D eigenvalue weighted by Crippen LogP contribution is 2.50. The van der Waals surface area contributed by atoms with Crippen molar-refractivity contribution in [2.45, 2.75) is 5.92 Å². The highest BCUT2D eigenvalue weighted by atomic mass is 14.8. The van der Waals surface area contributed by atoms with E-state index in [0.29, 0.717) is 5.56 Å². The van der Waals surface area contributed by atoms with Gasteiger partial charge >= 0.3 is 0 Å². The third-order valence-corrected chi connectivity index (χ3v) is 8.91. The average Bonchev–Trinajstić information content (AvgIpc) is 3.47. The lowest BCUT2D eigenvalue weighted by Crippen LogP contribution is -2.18. The molecule has 0 fully saturated rings. The fourth-order valence-electron chi connectivity index (χ4n) is 6.80. The van der Waals surface area contributed by atoms with Crippen molar-refractivity contribution in [2.75, 3.05) is 0 Å². The van der Waals surface area contributed by atoms with Crippen molar-refractivity contribution in [1.29, 1.82) is 5.26 Å². The molecule has 1 atom stereocenters. The molecule has 0 saturated carbocycles. The predicted octanol–water partition coefficient (Wildman–Crippen LogP) is 9.84. The normalized spacial score (nSPS) is 14.4. The largest absolute Gasteiger partial charge is 0.251 e. The molecule has 0 radical (unpaired) electrons. The zero-order valence-corrected chi connectivity index (χ0v) is 23.1. The maximum absolute atomic E-state index is 9.69. The second-order valence-electron chi connectivity index (χ2n) is 11.3. The van der Waals surface area contributed by atoms with Gasteiger partial charge < -0.3 is 0 Å². The first-order valence-electron chi connectivity index (χ1n) is 14.5. The van der Waals surface area contributed by atoms with Crippen LogP contribution in [0.1, 0.15) is 28.2 Å². The number of aliphatic imine (C=N–C) groups is 1. The lowest BCUT2D eigenvalue weighted by atomic mass is 9.74. The molecule has 9 rings (SSSR count). The van der Waals surface area contributed by atoms with Crippen LogP contribution in [0.25, 0.3) is 55.2 Å². The zero-order valence-electron chi connectivity index (χ0n) is 23.1. The van der Waals surface area contributed by atoms with E-state index in [1.807, 2.05) is 30.3 Å². The molecule has 0 spiro atoms. The highest BCUT2D eigenvalue weighted by Gasteiger charge is 2.36. The number of hydrogen-bond acceptors (Lipinski definition) is 3. The molecule has 3 nitrogen and oxygen atoms in total. The molecule has 2 aliphatic rings. The minimum atomic E-state index is 0.0461. The Balaban J connectivity index is 1.14. The van der Waals surface area contributed by atoms with E-state index in [1.54, 1.807) is 0 Å². The van der Waals surface area contributed by atoms with Crippen LogP contribution in [0, 0.1) is 11.3 Å². The van der Waals surface area contributed by atoms with E-state index in [4.69, 9.17) is 9.98 Å². The van der Waals surface area contributed by atoms with Gasteiger partial charge in [-0.1, -0.05) is 84.9 Å². The molecule has 0 saturated heterocycles. The van der Waals surface area contributed by atoms with Crippen LogP contribution in [0.2, 0.25) is 0 Å². The molecule has 7 aromatic rings. The molecular formula is C40H23N3. The van der Waals surface area contributed by atoms with Gasteiger partial charge in [-0.3, -0.25) is 4.99 Å². The summed E-state index contributed by atoms with van der Waals surface area (Å²) in [4.78, 5) is 9.99. The van der Waals surface area contributed by atoms with Crippen LogP contribution < -0.4 is 0 Å². The fourth-order valence-corrected chi connectivity index (χ4v) is 6.80. The summed E-state index contributed by atoms with van der Waals surface area (Å²) in [6, 6.07) is 49.2. The van der Waals surface area contributed by atoms with Crippen molar-refractivity contribution in [2.24, 2.45) is 4.99 Å². The van der Waals surface area contributed by atoms with E-state index in [9.17, 15) is 5.26 Å². The highest BCUT2D eigenvalue weighted by molar-refractivity contribution is 6.18. The number of fused-ring (bicyclic) bond motifs is 10. The average molecular weight is 546 g/mol. The van der Waals surface area contributed by atoms with Crippen LogP contribution in [0.3, 0.4) is 0 Å². The van der Waals surface area contributed by atoms with Crippen molar-refractivity contribution in [3.8, 4) is 39.6 Å². The van der Waals surface area contributed by atoms with E-state index in [-0.39, 0.29) is 5.92 Å². The molecule has 2 heterocycles. The SMILES string of the molecule is N#Cc1ccc2c(c1)C1C(=Nc3ccccc31)c1ccc(-c3ccc4cc(-c5ccc6ccccc6n5)ccc4c3)cc1-2. The van der Waals surface area contributed by atoms with Crippen molar-refractivity contribution >= 4 is 33.1 Å². The maximum Gasteiger partial charge on any atom is 0.0991 e. The molecule has 3 heteroatoms. The van der Waals surface area contributed by atoms with Gasteiger partial charge in [0.2, 0.25) is 0 Å². The first-order valence-corrected chi connectivity index (χ1v) is 14.5. The summed E-state index contributed by atoms with van der Waals surface area (Å²) >= 11 is 0. The van der Waals surface area contributed by atoms with Gasteiger partial charge in [-0.15, -0.1) is 0 Å². The van der Waals surface area contributed by atoms with Gasteiger partial charge in [-0.25, -0.2) is 4.98 Å². The van der Waals surface area contributed by atoms with Crippen LogP contribution in [0.15, 0.2) is 138 Å². The Morgan fingerprint density at radius 3 is 2.16 bits per heavy atom. The lowest BCUT2D eigenvalue weighted by Gasteiger charge is -2.27. The lowest BCUT2D eigenvalue weighted by molar-refractivity contribution is 1.10. The summed E-state index contributed by atoms with van der Waals surface area (Å²) in [5.74, 6) is 0.0461. The van der Waals surface area contributed by atoms with Gasteiger partial charge in [-0.05, 0) is 92.7 Å². The van der Waals surface area contributed by atoms with Gasteiger partial charge in [0.1, 0.15) is 0 Å². The van der Waals surface area contributed by atoms with Crippen molar-refractivity contribution in [3.05, 3.63) is 156 Å². The Morgan fingerprint density at radius 1 is 0.535 bits per heavy atom. The summed E-state index contributed by atoms with van der Waals surface area (Å²) in [7, 11) is 0. The third kappa shape index (κ3) is 3.67. The standard InChI is InChI=1S/C40H23N3/c41-23-24-9-16-31-34-22-29(14-17-32(34)40-39(35(31)19-24)33-6-2-4-8-38(33)43-40)27-10-11-28-21-30(13-12-26(28)20-27)37-18-15-25-5-1-3-7-36(25)42-37/h1-22,39H. The third-order valence-electron chi connectivity index (χ3n) is 8.91. The predicted molar refractivity (Wildman–Crippen MR) is 175 cm³/mol. The monoisotopic (exact) mass is 545 g/mol. The van der Waals surface area contributed by atoms with E-state index in [2.05, 4.69) is 109 Å². The number of nitriles is 1. The molecule has 1 aromatic heterocycles. The van der Waals surface area contributed by atoms with E-state index < -0.39 is 0 Å². The van der Waals surface area contributed by atoms with Crippen LogP contribution >= 0.6 is 0 Å². The number of pyridine rings is 1. The summed E-state index contributed by atoms with van der Waals surface area (Å²) in [5.41, 5.74) is 14.0. The van der Waals surface area contributed by atoms with Crippen LogP contribution in [-0.2, 0) is 0 Å². The second-order valence-corrected chi connectivity index (χ2v) is 11.3. The Bertz CT molecular complexity index is 2370. The number of rotatable bonds is 2. The summed E-state index contributed by atoms with van der Waals surface area (Å²) in [6.45, 7) is 0. The zero-order chi connectivity index (χ0) is 28.5. The second kappa shape index (κ2) is 9.08. The number of para-hydroxylation sites is 2. The van der Waals surface area contributed by atoms with Gasteiger partial charge in [0.25, 0.3) is 0 Å². The fraction of sp³-hybridized carbons (Fsp3) is 0.0250. The van der Waals surface area contributed by atoms with E-state index >= 15 is 0 Å². The molecule has 1 aliphatic carbocycles. The van der Waals surface area contributed by atoms with Crippen molar-refractivity contribution in [1.82, 2.24) is 4.98 Å². The minimum absolute atomic E-state index is 0.0461. The first kappa shape index (κ1) is 23.8. The van der Waals surface area contributed by atoms with Crippen molar-refractivity contribution < 1.29 is 0 Å². The Labute approximate surface area is 249 Å². The number of hydrogen-bond donors (Lipinski definition) is 0. The molecule has 0 bridgehead atoms. The summed E-state index contributed by atoms with van der Waals surface area (Å²) in [6.07, 6.45) is 0. The Hall–Kier alpha value is -5.85. The van der Waals surface area contributed by atoms with Crippen molar-refractivity contribution in [3.63, 3.8) is 0 Å². The molecule has 1 aliphatic heterocycles. The quantitative estimate of drug-likeness (QED) is 0.217. The van der Waals surface area contributed by atoms with Gasteiger partial charge in [0, 0.05) is 16.5 Å². The van der Waals surface area contributed by atoms with Crippen LogP contribution in [0.5, 0.6) is 0 Å². The topological polar surface area (TPSA) is 49.0 Å². The summed E-state index contributed by atoms with van der Waals surface area (Å²) in [5, 5.41) is 13.2. The molecule has 198 valence electrons. The summed E-state index contributed by atoms with van der Waals surface area (Å²) < 4.78 is 0. The molecule has 6 aromatic carbocycles. The molecule has 0 N–H and O–H groups in total. The number of benzene rings is 6. The molecule has 43 heavy (non-hydrogen) atoms. The van der Waals surface area contributed by atoms with Crippen LogP contribution in [-0.4, -0.2) is 10.7 Å². The first-order chi connectivity index (χ1) is 21.2. The Morgan fingerprint density at radius 2 is 1.26 bits per heavy atom. The smallest absolute Gasteiger partial charge is 0.0991 e. The van der Waals surface area contributed by atoms with Gasteiger partial charge in [0.15, 0.2) is 0 Å².